The minimum absolute atomic E-state index is 0.251. The highest BCUT2D eigenvalue weighted by atomic mass is 32.1. The van der Waals surface area contributed by atoms with E-state index in [1.165, 1.54) is 21.2 Å². The maximum absolute atomic E-state index is 12.3. The molecule has 6 heteroatoms. The zero-order chi connectivity index (χ0) is 21.4. The second kappa shape index (κ2) is 8.60. The molecule has 31 heavy (non-hydrogen) atoms. The highest BCUT2D eigenvalue weighted by molar-refractivity contribution is 7.13. The summed E-state index contributed by atoms with van der Waals surface area (Å²) in [6.45, 7) is 10.3. The van der Waals surface area contributed by atoms with Crippen LogP contribution < -0.4 is 9.80 Å². The average molecular weight is 435 g/mol. The molecule has 2 aliphatic heterocycles. The largest absolute Gasteiger partial charge is 0.353 e. The summed E-state index contributed by atoms with van der Waals surface area (Å²) in [5.41, 5.74) is 3.82. The van der Waals surface area contributed by atoms with Crippen molar-refractivity contribution in [1.82, 2.24) is 9.27 Å². The predicted octanol–water partition coefficient (Wildman–Crippen LogP) is 4.52. The highest BCUT2D eigenvalue weighted by Gasteiger charge is 2.28. The van der Waals surface area contributed by atoms with Crippen molar-refractivity contribution in [3.63, 3.8) is 0 Å². The van der Waals surface area contributed by atoms with E-state index in [-0.39, 0.29) is 5.91 Å². The van der Waals surface area contributed by atoms with E-state index >= 15 is 0 Å². The summed E-state index contributed by atoms with van der Waals surface area (Å²) >= 11 is 1.60. The number of hydrogen-bond donors (Lipinski definition) is 0. The number of piperazine rings is 1. The first kappa shape index (κ1) is 20.5. The van der Waals surface area contributed by atoms with Gasteiger partial charge in [0, 0.05) is 56.8 Å². The molecular weight excluding hydrogens is 404 g/mol. The van der Waals surface area contributed by atoms with Crippen LogP contribution in [-0.2, 0) is 11.2 Å². The Morgan fingerprint density at radius 3 is 2.71 bits per heavy atom. The number of nitrogens with zero attached hydrogens (tertiary/aromatic N) is 4. The van der Waals surface area contributed by atoms with Crippen molar-refractivity contribution in [2.45, 2.75) is 32.6 Å². The summed E-state index contributed by atoms with van der Waals surface area (Å²) < 4.78 is 5.99. The number of aromatic nitrogens is 1. The lowest BCUT2D eigenvalue weighted by molar-refractivity contribution is -0.119. The zero-order valence-corrected chi connectivity index (χ0v) is 19.2. The van der Waals surface area contributed by atoms with Crippen LogP contribution in [0, 0.1) is 0 Å². The Morgan fingerprint density at radius 1 is 1.10 bits per heavy atom. The summed E-state index contributed by atoms with van der Waals surface area (Å²) in [5.74, 6) is 1.71. The molecular formula is C25H30N4OS. The van der Waals surface area contributed by atoms with Crippen molar-refractivity contribution in [1.29, 1.82) is 0 Å². The number of benzene rings is 2. The maximum Gasteiger partial charge on any atom is 0.227 e. The molecule has 1 fully saturated rings. The first-order valence-electron chi connectivity index (χ1n) is 11.4. The maximum atomic E-state index is 12.3. The standard InChI is InChI=1S/C25H30N4OS/c1-3-29-22-9-8-19(17-21(22)18(2)16-24(29)30)10-11-27-12-14-28(15-13-27)25-20-6-4-5-7-23(20)31-26-25/h4-9,17-18H,3,10-16H2,1-2H3. The highest BCUT2D eigenvalue weighted by Crippen LogP contribution is 2.36. The molecule has 0 spiro atoms. The topological polar surface area (TPSA) is 39.7 Å². The van der Waals surface area contributed by atoms with Crippen molar-refractivity contribution < 1.29 is 4.79 Å². The van der Waals surface area contributed by atoms with Crippen LogP contribution in [0.4, 0.5) is 11.5 Å². The van der Waals surface area contributed by atoms with Gasteiger partial charge in [0.05, 0.1) is 4.70 Å². The van der Waals surface area contributed by atoms with E-state index in [0.29, 0.717) is 12.3 Å². The Kier molecular flexibility index (Phi) is 5.67. The van der Waals surface area contributed by atoms with E-state index in [1.807, 2.05) is 4.90 Å². The Bertz CT molecular complexity index is 1090. The van der Waals surface area contributed by atoms with Gasteiger partial charge in [0.15, 0.2) is 0 Å². The fourth-order valence-corrected chi connectivity index (χ4v) is 5.73. The van der Waals surface area contributed by atoms with Crippen LogP contribution in [0.5, 0.6) is 0 Å². The van der Waals surface area contributed by atoms with Gasteiger partial charge < -0.3 is 9.80 Å². The van der Waals surface area contributed by atoms with Gasteiger partial charge in [0.1, 0.15) is 5.82 Å². The number of hydrogen-bond acceptors (Lipinski definition) is 5. The lowest BCUT2D eigenvalue weighted by atomic mass is 9.89. The molecule has 1 saturated heterocycles. The minimum Gasteiger partial charge on any atom is -0.353 e. The summed E-state index contributed by atoms with van der Waals surface area (Å²) in [5, 5.41) is 1.28. The third kappa shape index (κ3) is 3.94. The SMILES string of the molecule is CCN1C(=O)CC(C)c2cc(CCN3CCN(c4nsc5ccccc45)CC3)ccc21. The second-order valence-electron chi connectivity index (χ2n) is 8.72. The van der Waals surface area contributed by atoms with Gasteiger partial charge in [-0.15, -0.1) is 0 Å². The molecule has 2 aromatic carbocycles. The normalized spacial score (nSPS) is 19.8. The molecule has 0 saturated carbocycles. The fraction of sp³-hybridized carbons (Fsp3) is 0.440. The first-order chi connectivity index (χ1) is 15.1. The van der Waals surface area contributed by atoms with Crippen LogP contribution in [0.3, 0.4) is 0 Å². The predicted molar refractivity (Wildman–Crippen MR) is 129 cm³/mol. The third-order valence-corrected chi connectivity index (χ3v) is 7.58. The van der Waals surface area contributed by atoms with Gasteiger partial charge in [0.25, 0.3) is 0 Å². The molecule has 3 aromatic rings. The molecule has 2 aliphatic rings. The molecule has 1 amide bonds. The van der Waals surface area contributed by atoms with Crippen LogP contribution in [0.25, 0.3) is 10.1 Å². The number of rotatable bonds is 5. The Balaban J connectivity index is 1.20. The van der Waals surface area contributed by atoms with Crippen molar-refractivity contribution in [2.24, 2.45) is 0 Å². The van der Waals surface area contributed by atoms with Gasteiger partial charge in [-0.25, -0.2) is 0 Å². The van der Waals surface area contributed by atoms with Crippen LogP contribution in [0.1, 0.15) is 37.3 Å². The summed E-state index contributed by atoms with van der Waals surface area (Å²) in [6.07, 6.45) is 1.68. The van der Waals surface area contributed by atoms with Gasteiger partial charge in [0.2, 0.25) is 5.91 Å². The van der Waals surface area contributed by atoms with E-state index in [2.05, 4.69) is 66.1 Å². The minimum atomic E-state index is 0.251. The Labute approximate surface area is 188 Å². The summed E-state index contributed by atoms with van der Waals surface area (Å²) in [7, 11) is 0. The molecule has 1 unspecified atom stereocenters. The van der Waals surface area contributed by atoms with Crippen LogP contribution in [0.15, 0.2) is 42.5 Å². The second-order valence-corrected chi connectivity index (χ2v) is 9.52. The van der Waals surface area contributed by atoms with Crippen molar-refractivity contribution >= 4 is 39.0 Å². The number of carbonyl (C=O) groups excluding carboxylic acids is 1. The average Bonchev–Trinajstić information content (AvgIpc) is 3.23. The quantitative estimate of drug-likeness (QED) is 0.592. The number of carbonyl (C=O) groups is 1. The molecule has 0 bridgehead atoms. The van der Waals surface area contributed by atoms with Crippen LogP contribution in [0.2, 0.25) is 0 Å². The van der Waals surface area contributed by atoms with Crippen LogP contribution >= 0.6 is 11.5 Å². The van der Waals surface area contributed by atoms with Gasteiger partial charge in [-0.2, -0.15) is 4.37 Å². The fourth-order valence-electron chi connectivity index (χ4n) is 4.93. The van der Waals surface area contributed by atoms with Crippen molar-refractivity contribution in [3.05, 3.63) is 53.6 Å². The molecule has 0 aliphatic carbocycles. The lowest BCUT2D eigenvalue weighted by Gasteiger charge is -2.35. The van der Waals surface area contributed by atoms with Gasteiger partial charge in [-0.3, -0.25) is 9.69 Å². The van der Waals surface area contributed by atoms with E-state index in [0.717, 1.165) is 57.2 Å². The van der Waals surface area contributed by atoms with Crippen molar-refractivity contribution in [2.75, 3.05) is 49.1 Å². The molecule has 1 atom stereocenters. The molecule has 0 N–H and O–H groups in total. The summed E-state index contributed by atoms with van der Waals surface area (Å²) in [4.78, 5) is 19.2. The van der Waals surface area contributed by atoms with Crippen LogP contribution in [-0.4, -0.2) is 54.4 Å². The smallest absolute Gasteiger partial charge is 0.227 e. The molecule has 5 rings (SSSR count). The number of fused-ring (bicyclic) bond motifs is 2. The number of anilines is 2. The molecule has 0 radical (unpaired) electrons. The van der Waals surface area contributed by atoms with Gasteiger partial charge >= 0.3 is 0 Å². The van der Waals surface area contributed by atoms with Crippen molar-refractivity contribution in [3.8, 4) is 0 Å². The monoisotopic (exact) mass is 434 g/mol. The lowest BCUT2D eigenvalue weighted by Crippen LogP contribution is -2.47. The third-order valence-electron chi connectivity index (χ3n) is 6.76. The molecule has 1 aromatic heterocycles. The Morgan fingerprint density at radius 2 is 1.90 bits per heavy atom. The summed E-state index contributed by atoms with van der Waals surface area (Å²) in [6, 6.07) is 15.2. The zero-order valence-electron chi connectivity index (χ0n) is 18.4. The Hall–Kier alpha value is -2.44. The van der Waals surface area contributed by atoms with E-state index in [4.69, 9.17) is 4.37 Å². The molecule has 5 nitrogen and oxygen atoms in total. The molecule has 162 valence electrons. The van der Waals surface area contributed by atoms with E-state index in [9.17, 15) is 4.79 Å². The number of amides is 1. The molecule has 3 heterocycles. The first-order valence-corrected chi connectivity index (χ1v) is 12.2. The van der Waals surface area contributed by atoms with Gasteiger partial charge in [-0.05, 0) is 60.1 Å². The van der Waals surface area contributed by atoms with Gasteiger partial charge in [-0.1, -0.05) is 31.2 Å². The van der Waals surface area contributed by atoms with E-state index < -0.39 is 0 Å². The van der Waals surface area contributed by atoms with E-state index in [1.54, 1.807) is 11.5 Å².